The molecule has 0 bridgehead atoms. The molecule has 5 rings (SSSR count). The molecule has 7 heteroatoms. The highest BCUT2D eigenvalue weighted by Gasteiger charge is 2.42. The lowest BCUT2D eigenvalue weighted by Gasteiger charge is -2.25. The molecule has 2 heterocycles. The topological polar surface area (TPSA) is 59.8 Å². The molecule has 1 amide bonds. The van der Waals surface area contributed by atoms with Gasteiger partial charge in [-0.05, 0) is 60.0 Å². The first kappa shape index (κ1) is 21.8. The third-order valence-corrected chi connectivity index (χ3v) is 5.86. The molecule has 1 aliphatic rings. The van der Waals surface area contributed by atoms with Crippen LogP contribution in [0.3, 0.4) is 0 Å². The Bertz CT molecular complexity index is 1430. The molecule has 0 radical (unpaired) electrons. The fraction of sp³-hybridized carbons (Fsp3) is 0.185. The summed E-state index contributed by atoms with van der Waals surface area (Å²) >= 11 is 0. The lowest BCUT2D eigenvalue weighted by atomic mass is 9.98. The predicted octanol–water partition coefficient (Wildman–Crippen LogP) is 5.61. The number of hydrogen-bond acceptors (Lipinski definition) is 4. The Morgan fingerprint density at radius 1 is 0.941 bits per heavy atom. The highest BCUT2D eigenvalue weighted by atomic mass is 19.1. The van der Waals surface area contributed by atoms with Crippen molar-refractivity contribution in [2.45, 2.75) is 25.9 Å². The van der Waals surface area contributed by atoms with Gasteiger partial charge in [0.25, 0.3) is 5.91 Å². The van der Waals surface area contributed by atoms with Gasteiger partial charge in [-0.3, -0.25) is 9.59 Å². The molecule has 172 valence electrons. The fourth-order valence-corrected chi connectivity index (χ4v) is 4.25. The van der Waals surface area contributed by atoms with Gasteiger partial charge >= 0.3 is 0 Å². The van der Waals surface area contributed by atoms with Crippen LogP contribution in [0.4, 0.5) is 8.78 Å². The Morgan fingerprint density at radius 3 is 2.35 bits per heavy atom. The van der Waals surface area contributed by atoms with Crippen LogP contribution in [0.25, 0.3) is 11.0 Å². The van der Waals surface area contributed by atoms with E-state index in [1.165, 1.54) is 29.2 Å². The number of carbonyl (C=O) groups is 1. The maximum atomic E-state index is 13.9. The Hall–Kier alpha value is -4.00. The second-order valence-corrected chi connectivity index (χ2v) is 8.19. The van der Waals surface area contributed by atoms with E-state index >= 15 is 0 Å². The highest BCUT2D eigenvalue weighted by Crippen LogP contribution is 2.39. The number of carbonyl (C=O) groups excluding carboxylic acids is 1. The van der Waals surface area contributed by atoms with E-state index in [1.54, 1.807) is 36.4 Å². The molecule has 4 aromatic rings. The van der Waals surface area contributed by atoms with Gasteiger partial charge in [-0.1, -0.05) is 31.2 Å². The Labute approximate surface area is 194 Å². The third kappa shape index (κ3) is 3.83. The van der Waals surface area contributed by atoms with Crippen LogP contribution in [0.2, 0.25) is 0 Å². The van der Waals surface area contributed by atoms with Gasteiger partial charge in [0.05, 0.1) is 23.6 Å². The van der Waals surface area contributed by atoms with Crippen LogP contribution in [0.5, 0.6) is 5.75 Å². The largest absolute Gasteiger partial charge is 0.494 e. The Balaban J connectivity index is 1.65. The first-order valence-electron chi connectivity index (χ1n) is 11.0. The summed E-state index contributed by atoms with van der Waals surface area (Å²) in [6.45, 7) is 2.71. The van der Waals surface area contributed by atoms with E-state index in [4.69, 9.17) is 9.15 Å². The SMILES string of the molecule is CCCOc1ccc(C2c3c(oc4ccc(F)cc4c3=O)C(=O)N2Cc2ccc(F)cc2)cc1. The van der Waals surface area contributed by atoms with E-state index in [9.17, 15) is 18.4 Å². The first-order chi connectivity index (χ1) is 16.5. The van der Waals surface area contributed by atoms with Gasteiger partial charge in [0.15, 0.2) is 5.43 Å². The van der Waals surface area contributed by atoms with Crippen molar-refractivity contribution in [2.24, 2.45) is 0 Å². The second-order valence-electron chi connectivity index (χ2n) is 8.19. The number of rotatable bonds is 6. The van der Waals surface area contributed by atoms with Crippen LogP contribution in [0, 0.1) is 11.6 Å². The van der Waals surface area contributed by atoms with E-state index in [0.717, 1.165) is 12.5 Å². The quantitative estimate of drug-likeness (QED) is 0.375. The fourth-order valence-electron chi connectivity index (χ4n) is 4.25. The van der Waals surface area contributed by atoms with Gasteiger partial charge < -0.3 is 14.1 Å². The van der Waals surface area contributed by atoms with Gasteiger partial charge in [-0.2, -0.15) is 0 Å². The smallest absolute Gasteiger partial charge is 0.291 e. The molecule has 1 aromatic heterocycles. The number of benzene rings is 3. The van der Waals surface area contributed by atoms with E-state index in [2.05, 4.69) is 0 Å². The molecule has 5 nitrogen and oxygen atoms in total. The van der Waals surface area contributed by atoms with Gasteiger partial charge in [-0.15, -0.1) is 0 Å². The van der Waals surface area contributed by atoms with Crippen LogP contribution >= 0.6 is 0 Å². The predicted molar refractivity (Wildman–Crippen MR) is 123 cm³/mol. The summed E-state index contributed by atoms with van der Waals surface area (Å²) in [6.07, 6.45) is 0.863. The molecule has 0 saturated heterocycles. The van der Waals surface area contributed by atoms with Crippen LogP contribution in [-0.2, 0) is 6.54 Å². The maximum Gasteiger partial charge on any atom is 0.291 e. The van der Waals surface area contributed by atoms with Crippen LogP contribution in [0.15, 0.2) is 75.9 Å². The van der Waals surface area contributed by atoms with Crippen molar-refractivity contribution in [3.8, 4) is 5.75 Å². The average Bonchev–Trinajstić information content (AvgIpc) is 3.11. The molecule has 1 aliphatic heterocycles. The zero-order chi connectivity index (χ0) is 23.8. The number of ether oxygens (including phenoxy) is 1. The van der Waals surface area contributed by atoms with Crippen molar-refractivity contribution in [2.75, 3.05) is 6.61 Å². The highest BCUT2D eigenvalue weighted by molar-refractivity contribution is 5.99. The van der Waals surface area contributed by atoms with Crippen molar-refractivity contribution in [3.05, 3.63) is 111 Å². The van der Waals surface area contributed by atoms with Crippen molar-refractivity contribution < 1.29 is 22.7 Å². The third-order valence-electron chi connectivity index (χ3n) is 5.86. The van der Waals surface area contributed by atoms with Crippen molar-refractivity contribution in [3.63, 3.8) is 0 Å². The maximum absolute atomic E-state index is 13.9. The van der Waals surface area contributed by atoms with Crippen LogP contribution in [0.1, 0.15) is 46.6 Å². The minimum atomic E-state index is -0.753. The minimum absolute atomic E-state index is 0.0671. The van der Waals surface area contributed by atoms with E-state index in [0.29, 0.717) is 23.5 Å². The van der Waals surface area contributed by atoms with Gasteiger partial charge in [0.2, 0.25) is 5.76 Å². The zero-order valence-corrected chi connectivity index (χ0v) is 18.4. The van der Waals surface area contributed by atoms with Crippen molar-refractivity contribution >= 4 is 16.9 Å². The van der Waals surface area contributed by atoms with Gasteiger partial charge in [-0.25, -0.2) is 8.78 Å². The van der Waals surface area contributed by atoms with E-state index in [1.807, 2.05) is 6.92 Å². The summed E-state index contributed by atoms with van der Waals surface area (Å²) in [7, 11) is 0. The molecule has 1 unspecified atom stereocenters. The molecular formula is C27H21F2NO4. The summed E-state index contributed by atoms with van der Waals surface area (Å²) in [5.41, 5.74) is 1.22. The first-order valence-corrected chi connectivity index (χ1v) is 11.0. The Kier molecular flexibility index (Phi) is 5.61. The molecule has 0 fully saturated rings. The molecule has 0 aliphatic carbocycles. The standard InChI is InChI=1S/C27H21F2NO4/c1-2-13-33-20-10-5-17(6-11-20)24-23-25(31)21-14-19(29)9-12-22(21)34-26(23)27(32)30(24)15-16-3-7-18(28)8-4-16/h3-12,14,24H,2,13,15H2,1H3. The van der Waals surface area contributed by atoms with Crippen molar-refractivity contribution in [1.29, 1.82) is 0 Å². The number of nitrogens with zero attached hydrogens (tertiary/aromatic N) is 1. The number of hydrogen-bond donors (Lipinski definition) is 0. The van der Waals surface area contributed by atoms with E-state index in [-0.39, 0.29) is 34.7 Å². The normalized spacial score (nSPS) is 15.1. The average molecular weight is 461 g/mol. The lowest BCUT2D eigenvalue weighted by molar-refractivity contribution is 0.0714. The molecule has 0 saturated carbocycles. The Morgan fingerprint density at radius 2 is 1.65 bits per heavy atom. The van der Waals surface area contributed by atoms with E-state index < -0.39 is 23.2 Å². The number of halogens is 2. The number of fused-ring (bicyclic) bond motifs is 2. The molecular weight excluding hydrogens is 440 g/mol. The molecule has 0 N–H and O–H groups in total. The summed E-state index contributed by atoms with van der Waals surface area (Å²) in [6, 6.07) is 15.9. The van der Waals surface area contributed by atoms with Gasteiger partial charge in [0, 0.05) is 6.54 Å². The summed E-state index contributed by atoms with van der Waals surface area (Å²) < 4.78 is 38.8. The zero-order valence-electron chi connectivity index (χ0n) is 18.4. The molecule has 0 spiro atoms. The second kappa shape index (κ2) is 8.74. The van der Waals surface area contributed by atoms with Gasteiger partial charge in [0.1, 0.15) is 23.0 Å². The summed E-state index contributed by atoms with van der Waals surface area (Å²) in [5, 5.41) is 0.0723. The number of amides is 1. The van der Waals surface area contributed by atoms with Crippen LogP contribution < -0.4 is 10.2 Å². The molecule has 3 aromatic carbocycles. The molecule has 1 atom stereocenters. The minimum Gasteiger partial charge on any atom is -0.494 e. The monoisotopic (exact) mass is 461 g/mol. The van der Waals surface area contributed by atoms with Crippen LogP contribution in [-0.4, -0.2) is 17.4 Å². The summed E-state index contributed by atoms with van der Waals surface area (Å²) in [4.78, 5) is 28.4. The summed E-state index contributed by atoms with van der Waals surface area (Å²) in [5.74, 6) is -0.806. The molecule has 34 heavy (non-hydrogen) atoms. The van der Waals surface area contributed by atoms with Crippen molar-refractivity contribution in [1.82, 2.24) is 4.90 Å². The lowest BCUT2D eigenvalue weighted by Crippen LogP contribution is -2.29.